The minimum Gasteiger partial charge on any atom is -0.418 e. The molecule has 22 heavy (non-hydrogen) atoms. The molecule has 2 aromatic heterocycles. The molecule has 1 atom stereocenters. The van der Waals surface area contributed by atoms with Crippen LogP contribution in [-0.4, -0.2) is 34.9 Å². The lowest BCUT2D eigenvalue weighted by molar-refractivity contribution is 0.0862. The molecule has 1 fully saturated rings. The predicted molar refractivity (Wildman–Crippen MR) is 82.8 cm³/mol. The molecule has 0 bridgehead atoms. The lowest BCUT2D eigenvalue weighted by Crippen LogP contribution is -2.39. The van der Waals surface area contributed by atoms with Crippen LogP contribution in [-0.2, 0) is 4.74 Å². The molecule has 0 saturated carbocycles. The normalized spacial score (nSPS) is 18.5. The Kier molecular flexibility index (Phi) is 3.57. The van der Waals surface area contributed by atoms with Gasteiger partial charge in [0, 0.05) is 23.7 Å². The van der Waals surface area contributed by atoms with E-state index in [2.05, 4.69) is 20.1 Å². The van der Waals surface area contributed by atoms with Crippen LogP contribution in [0.1, 0.15) is 11.9 Å². The zero-order valence-electron chi connectivity index (χ0n) is 11.8. The molecule has 1 aliphatic heterocycles. The minimum absolute atomic E-state index is 0.0927. The second kappa shape index (κ2) is 5.86. The Morgan fingerprint density at radius 3 is 2.91 bits per heavy atom. The first kappa shape index (κ1) is 13.4. The maximum Gasteiger partial charge on any atom is 0.247 e. The third-order valence-corrected chi connectivity index (χ3v) is 4.35. The van der Waals surface area contributed by atoms with Gasteiger partial charge in [0.1, 0.15) is 6.04 Å². The summed E-state index contributed by atoms with van der Waals surface area (Å²) in [4.78, 5) is 6.54. The summed E-state index contributed by atoms with van der Waals surface area (Å²) in [7, 11) is 0. The van der Waals surface area contributed by atoms with Gasteiger partial charge in [-0.1, -0.05) is 18.2 Å². The molecule has 1 aromatic carbocycles. The molecule has 7 heteroatoms. The number of ether oxygens (including phenoxy) is 1. The van der Waals surface area contributed by atoms with Gasteiger partial charge in [0.25, 0.3) is 0 Å². The quantitative estimate of drug-likeness (QED) is 0.740. The molecule has 0 aliphatic carbocycles. The van der Waals surface area contributed by atoms with E-state index in [-0.39, 0.29) is 6.04 Å². The standard InChI is InChI=1S/C15H14N4O2S/c1-2-4-11(5-3-1)13-17-18-14(21-13)12-10-20-8-7-19(12)15-16-6-9-22-15/h1-6,9,12H,7-8,10H2. The van der Waals surface area contributed by atoms with Crippen molar-refractivity contribution in [2.75, 3.05) is 24.7 Å². The number of nitrogens with zero attached hydrogens (tertiary/aromatic N) is 4. The molecule has 112 valence electrons. The van der Waals surface area contributed by atoms with Crippen LogP contribution in [0.3, 0.4) is 0 Å². The van der Waals surface area contributed by atoms with Crippen LogP contribution in [0.15, 0.2) is 46.3 Å². The first-order valence-electron chi connectivity index (χ1n) is 7.04. The summed E-state index contributed by atoms with van der Waals surface area (Å²) >= 11 is 1.60. The second-order valence-corrected chi connectivity index (χ2v) is 5.78. The summed E-state index contributed by atoms with van der Waals surface area (Å²) < 4.78 is 11.5. The third kappa shape index (κ3) is 2.49. The highest BCUT2D eigenvalue weighted by molar-refractivity contribution is 7.13. The number of morpholine rings is 1. The van der Waals surface area contributed by atoms with Crippen LogP contribution in [0.2, 0.25) is 0 Å². The Labute approximate surface area is 131 Å². The molecule has 6 nitrogen and oxygen atoms in total. The zero-order chi connectivity index (χ0) is 14.8. The summed E-state index contributed by atoms with van der Waals surface area (Å²) in [6, 6.07) is 9.67. The maximum atomic E-state index is 5.87. The van der Waals surface area contributed by atoms with E-state index >= 15 is 0 Å². The number of aromatic nitrogens is 3. The van der Waals surface area contributed by atoms with Crippen molar-refractivity contribution in [2.45, 2.75) is 6.04 Å². The molecule has 4 rings (SSSR count). The van der Waals surface area contributed by atoms with Gasteiger partial charge in [-0.15, -0.1) is 21.5 Å². The fourth-order valence-corrected chi connectivity index (χ4v) is 3.18. The Bertz CT molecular complexity index is 729. The fourth-order valence-electron chi connectivity index (χ4n) is 2.46. The summed E-state index contributed by atoms with van der Waals surface area (Å²) in [5, 5.41) is 11.3. The highest BCUT2D eigenvalue weighted by atomic mass is 32.1. The summed E-state index contributed by atoms with van der Waals surface area (Å²) in [5.41, 5.74) is 0.916. The van der Waals surface area contributed by atoms with Gasteiger partial charge in [-0.2, -0.15) is 0 Å². The summed E-state index contributed by atoms with van der Waals surface area (Å²) in [6.45, 7) is 1.97. The maximum absolute atomic E-state index is 5.87. The Balaban J connectivity index is 1.64. The molecule has 0 radical (unpaired) electrons. The van der Waals surface area contributed by atoms with Crippen LogP contribution in [0.25, 0.3) is 11.5 Å². The zero-order valence-corrected chi connectivity index (χ0v) is 12.6. The van der Waals surface area contributed by atoms with E-state index in [9.17, 15) is 0 Å². The molecular formula is C15H14N4O2S. The minimum atomic E-state index is -0.0927. The van der Waals surface area contributed by atoms with E-state index < -0.39 is 0 Å². The van der Waals surface area contributed by atoms with Crippen molar-refractivity contribution < 1.29 is 9.15 Å². The van der Waals surface area contributed by atoms with Crippen molar-refractivity contribution in [1.82, 2.24) is 15.2 Å². The Morgan fingerprint density at radius 1 is 1.18 bits per heavy atom. The van der Waals surface area contributed by atoms with E-state index in [1.165, 1.54) is 0 Å². The lowest BCUT2D eigenvalue weighted by Gasteiger charge is -2.32. The smallest absolute Gasteiger partial charge is 0.247 e. The van der Waals surface area contributed by atoms with Gasteiger partial charge in [-0.05, 0) is 12.1 Å². The van der Waals surface area contributed by atoms with Crippen LogP contribution in [0.5, 0.6) is 0 Å². The van der Waals surface area contributed by atoms with Crippen LogP contribution in [0, 0.1) is 0 Å². The molecule has 0 N–H and O–H groups in total. The van der Waals surface area contributed by atoms with E-state index in [0.29, 0.717) is 25.0 Å². The van der Waals surface area contributed by atoms with Crippen LogP contribution < -0.4 is 4.90 Å². The van der Waals surface area contributed by atoms with E-state index in [4.69, 9.17) is 9.15 Å². The molecule has 3 aromatic rings. The average molecular weight is 314 g/mol. The van der Waals surface area contributed by atoms with Gasteiger partial charge in [-0.3, -0.25) is 0 Å². The molecule has 0 spiro atoms. The van der Waals surface area contributed by atoms with Gasteiger partial charge in [0.2, 0.25) is 11.8 Å². The van der Waals surface area contributed by atoms with E-state index in [1.54, 1.807) is 17.5 Å². The molecule has 1 saturated heterocycles. The largest absolute Gasteiger partial charge is 0.418 e. The van der Waals surface area contributed by atoms with Crippen molar-refractivity contribution in [1.29, 1.82) is 0 Å². The van der Waals surface area contributed by atoms with Gasteiger partial charge >= 0.3 is 0 Å². The molecule has 1 unspecified atom stereocenters. The van der Waals surface area contributed by atoms with Gasteiger partial charge in [0.05, 0.1) is 13.2 Å². The van der Waals surface area contributed by atoms with Crippen molar-refractivity contribution in [3.63, 3.8) is 0 Å². The molecule has 1 aliphatic rings. The average Bonchev–Trinajstić information content (AvgIpc) is 3.28. The SMILES string of the molecule is c1ccc(-c2nnc(C3COCCN3c3nccs3)o2)cc1. The van der Waals surface area contributed by atoms with E-state index in [0.717, 1.165) is 17.2 Å². The first-order valence-corrected chi connectivity index (χ1v) is 7.92. The Hall–Kier alpha value is -2.25. The topological polar surface area (TPSA) is 64.3 Å². The van der Waals surface area contributed by atoms with Gasteiger partial charge < -0.3 is 14.1 Å². The first-order chi connectivity index (χ1) is 10.9. The summed E-state index contributed by atoms with van der Waals surface area (Å²) in [6.07, 6.45) is 1.80. The second-order valence-electron chi connectivity index (χ2n) is 4.91. The third-order valence-electron chi connectivity index (χ3n) is 3.54. The fraction of sp³-hybridized carbons (Fsp3) is 0.267. The van der Waals surface area contributed by atoms with Crippen molar-refractivity contribution in [3.8, 4) is 11.5 Å². The monoisotopic (exact) mass is 314 g/mol. The number of thiazole rings is 1. The lowest BCUT2D eigenvalue weighted by atomic mass is 10.2. The van der Waals surface area contributed by atoms with Gasteiger partial charge in [0.15, 0.2) is 5.13 Å². The van der Waals surface area contributed by atoms with Crippen molar-refractivity contribution >= 4 is 16.5 Å². The molecule has 0 amide bonds. The van der Waals surface area contributed by atoms with Crippen LogP contribution in [0.4, 0.5) is 5.13 Å². The Morgan fingerprint density at radius 2 is 2.09 bits per heavy atom. The number of hydrogen-bond acceptors (Lipinski definition) is 7. The highest BCUT2D eigenvalue weighted by Gasteiger charge is 2.31. The molecular weight excluding hydrogens is 300 g/mol. The number of hydrogen-bond donors (Lipinski definition) is 0. The molecule has 3 heterocycles. The predicted octanol–water partition coefficient (Wildman–Crippen LogP) is 2.77. The highest BCUT2D eigenvalue weighted by Crippen LogP contribution is 2.31. The number of benzene rings is 1. The summed E-state index contributed by atoms with van der Waals surface area (Å²) in [5.74, 6) is 1.09. The van der Waals surface area contributed by atoms with Gasteiger partial charge in [-0.25, -0.2) is 4.98 Å². The van der Waals surface area contributed by atoms with Crippen molar-refractivity contribution in [2.24, 2.45) is 0 Å². The number of anilines is 1. The van der Waals surface area contributed by atoms with Crippen LogP contribution >= 0.6 is 11.3 Å². The van der Waals surface area contributed by atoms with Crippen molar-refractivity contribution in [3.05, 3.63) is 47.8 Å². The van der Waals surface area contributed by atoms with E-state index in [1.807, 2.05) is 35.7 Å². The number of rotatable bonds is 3.